The van der Waals surface area contributed by atoms with Crippen LogP contribution in [-0.4, -0.2) is 30.6 Å². The van der Waals surface area contributed by atoms with Gasteiger partial charge in [0, 0.05) is 12.6 Å². The van der Waals surface area contributed by atoms with Crippen LogP contribution in [0.4, 0.5) is 0 Å². The summed E-state index contributed by atoms with van der Waals surface area (Å²) in [5.74, 6) is 2.98. The quantitative estimate of drug-likeness (QED) is 0.816. The van der Waals surface area contributed by atoms with Gasteiger partial charge in [-0.1, -0.05) is 12.8 Å². The normalized spacial score (nSPS) is 40.4. The van der Waals surface area contributed by atoms with Crippen LogP contribution in [0.3, 0.4) is 0 Å². The molecule has 2 N–H and O–H groups in total. The summed E-state index contributed by atoms with van der Waals surface area (Å²) in [7, 11) is 0. The van der Waals surface area contributed by atoms with Gasteiger partial charge in [-0.05, 0) is 69.4 Å². The molecule has 0 spiro atoms. The van der Waals surface area contributed by atoms with Gasteiger partial charge in [-0.15, -0.1) is 0 Å². The number of hydrogen-bond acceptors (Lipinski definition) is 2. The number of piperidine rings is 1. The predicted octanol–water partition coefficient (Wildman–Crippen LogP) is 2.63. The van der Waals surface area contributed by atoms with Crippen molar-refractivity contribution in [1.82, 2.24) is 4.90 Å². The van der Waals surface area contributed by atoms with Gasteiger partial charge in [0.05, 0.1) is 0 Å². The maximum atomic E-state index is 5.85. The molecule has 0 bridgehead atoms. The fraction of sp³-hybridized carbons (Fsp3) is 1.00. The van der Waals surface area contributed by atoms with E-state index in [9.17, 15) is 0 Å². The van der Waals surface area contributed by atoms with E-state index in [4.69, 9.17) is 5.73 Å². The lowest BCUT2D eigenvalue weighted by atomic mass is 9.81. The van der Waals surface area contributed by atoms with Crippen molar-refractivity contribution in [1.29, 1.82) is 0 Å². The first-order valence-electron chi connectivity index (χ1n) is 7.81. The highest BCUT2D eigenvalue weighted by molar-refractivity contribution is 4.90. The first kappa shape index (κ1) is 12.0. The second kappa shape index (κ2) is 5.27. The number of nitrogens with zero attached hydrogens (tertiary/aromatic N) is 1. The van der Waals surface area contributed by atoms with E-state index in [0.717, 1.165) is 30.3 Å². The summed E-state index contributed by atoms with van der Waals surface area (Å²) < 4.78 is 0. The van der Waals surface area contributed by atoms with Crippen LogP contribution in [0.25, 0.3) is 0 Å². The third-order valence-corrected chi connectivity index (χ3v) is 5.38. The van der Waals surface area contributed by atoms with Crippen LogP contribution < -0.4 is 5.73 Å². The van der Waals surface area contributed by atoms with Gasteiger partial charge in [0.1, 0.15) is 0 Å². The summed E-state index contributed by atoms with van der Waals surface area (Å²) in [6.45, 7) is 3.53. The highest BCUT2D eigenvalue weighted by Crippen LogP contribution is 2.45. The Labute approximate surface area is 106 Å². The van der Waals surface area contributed by atoms with Gasteiger partial charge in [-0.3, -0.25) is 0 Å². The zero-order chi connectivity index (χ0) is 11.7. The molecular weight excluding hydrogens is 208 g/mol. The Morgan fingerprint density at radius 3 is 2.59 bits per heavy atom. The van der Waals surface area contributed by atoms with Crippen molar-refractivity contribution in [2.24, 2.45) is 23.5 Å². The third kappa shape index (κ3) is 2.85. The van der Waals surface area contributed by atoms with Crippen LogP contribution in [0.15, 0.2) is 0 Å². The monoisotopic (exact) mass is 236 g/mol. The van der Waals surface area contributed by atoms with Crippen molar-refractivity contribution < 1.29 is 0 Å². The minimum Gasteiger partial charge on any atom is -0.330 e. The largest absolute Gasteiger partial charge is 0.330 e. The van der Waals surface area contributed by atoms with Gasteiger partial charge < -0.3 is 10.6 Å². The Kier molecular flexibility index (Phi) is 3.72. The lowest BCUT2D eigenvalue weighted by molar-refractivity contribution is 0.0800. The van der Waals surface area contributed by atoms with Crippen molar-refractivity contribution in [3.8, 4) is 0 Å². The Hall–Kier alpha value is -0.0800. The molecule has 98 valence electrons. The van der Waals surface area contributed by atoms with E-state index >= 15 is 0 Å². The van der Waals surface area contributed by atoms with Crippen molar-refractivity contribution >= 4 is 0 Å². The summed E-state index contributed by atoms with van der Waals surface area (Å²) in [5, 5.41) is 0. The Morgan fingerprint density at radius 1 is 0.941 bits per heavy atom. The molecule has 0 aromatic rings. The smallest absolute Gasteiger partial charge is 0.00981 e. The molecule has 3 unspecified atom stereocenters. The van der Waals surface area contributed by atoms with Crippen molar-refractivity contribution in [2.75, 3.05) is 19.6 Å². The van der Waals surface area contributed by atoms with Crippen LogP contribution >= 0.6 is 0 Å². The van der Waals surface area contributed by atoms with Crippen LogP contribution in [0.5, 0.6) is 0 Å². The summed E-state index contributed by atoms with van der Waals surface area (Å²) in [6.07, 6.45) is 11.8. The van der Waals surface area contributed by atoms with Crippen molar-refractivity contribution in [3.05, 3.63) is 0 Å². The molecular formula is C15H28N2. The fourth-order valence-corrected chi connectivity index (χ4v) is 4.15. The molecule has 0 radical (unpaired) electrons. The van der Waals surface area contributed by atoms with E-state index in [2.05, 4.69) is 4.90 Å². The van der Waals surface area contributed by atoms with Crippen LogP contribution in [0.1, 0.15) is 51.4 Å². The Bertz CT molecular complexity index is 249. The van der Waals surface area contributed by atoms with Gasteiger partial charge in [0.2, 0.25) is 0 Å². The van der Waals surface area contributed by atoms with E-state index in [1.165, 1.54) is 64.5 Å². The molecule has 1 saturated heterocycles. The number of hydrogen-bond donors (Lipinski definition) is 1. The maximum absolute atomic E-state index is 5.85. The van der Waals surface area contributed by atoms with E-state index in [0.29, 0.717) is 0 Å². The van der Waals surface area contributed by atoms with Gasteiger partial charge in [0.15, 0.2) is 0 Å². The van der Waals surface area contributed by atoms with Gasteiger partial charge in [-0.25, -0.2) is 0 Å². The Morgan fingerprint density at radius 2 is 1.82 bits per heavy atom. The predicted molar refractivity (Wildman–Crippen MR) is 71.8 cm³/mol. The fourth-order valence-electron chi connectivity index (χ4n) is 4.15. The van der Waals surface area contributed by atoms with E-state index < -0.39 is 0 Å². The molecule has 3 aliphatic rings. The van der Waals surface area contributed by atoms with E-state index in [1.54, 1.807) is 0 Å². The topological polar surface area (TPSA) is 29.3 Å². The molecule has 2 nitrogen and oxygen atoms in total. The molecule has 1 aliphatic heterocycles. The second-order valence-corrected chi connectivity index (χ2v) is 6.66. The molecule has 3 atom stereocenters. The van der Waals surface area contributed by atoms with Crippen LogP contribution in [-0.2, 0) is 0 Å². The molecule has 0 amide bonds. The molecule has 2 heteroatoms. The van der Waals surface area contributed by atoms with Crippen molar-refractivity contribution in [2.45, 2.75) is 57.4 Å². The molecule has 17 heavy (non-hydrogen) atoms. The number of likely N-dealkylation sites (tertiary alicyclic amines) is 1. The summed E-state index contributed by atoms with van der Waals surface area (Å²) >= 11 is 0. The zero-order valence-corrected chi connectivity index (χ0v) is 11.1. The first-order valence-corrected chi connectivity index (χ1v) is 7.81. The molecule has 3 fully saturated rings. The van der Waals surface area contributed by atoms with Crippen LogP contribution in [0.2, 0.25) is 0 Å². The SMILES string of the molecule is NCC1CCCN(C2CCCC(C3CC3)C2)C1. The Balaban J connectivity index is 1.55. The van der Waals surface area contributed by atoms with Gasteiger partial charge in [-0.2, -0.15) is 0 Å². The standard InChI is InChI=1S/C15H28N2/c16-10-12-3-2-8-17(11-12)15-5-1-4-14(9-15)13-6-7-13/h12-15H,1-11,16H2. The average molecular weight is 236 g/mol. The van der Waals surface area contributed by atoms with E-state index in [1.807, 2.05) is 0 Å². The lowest BCUT2D eigenvalue weighted by Gasteiger charge is -2.42. The third-order valence-electron chi connectivity index (χ3n) is 5.38. The summed E-state index contributed by atoms with van der Waals surface area (Å²) in [4.78, 5) is 2.79. The number of nitrogens with two attached hydrogens (primary N) is 1. The molecule has 2 aliphatic carbocycles. The first-order chi connectivity index (χ1) is 8.36. The minimum absolute atomic E-state index is 0.782. The average Bonchev–Trinajstić information content (AvgIpc) is 3.23. The molecule has 1 heterocycles. The lowest BCUT2D eigenvalue weighted by Crippen LogP contribution is -2.46. The molecule has 0 aromatic carbocycles. The van der Waals surface area contributed by atoms with Gasteiger partial charge in [0.25, 0.3) is 0 Å². The van der Waals surface area contributed by atoms with E-state index in [-0.39, 0.29) is 0 Å². The van der Waals surface area contributed by atoms with Crippen LogP contribution in [0, 0.1) is 17.8 Å². The highest BCUT2D eigenvalue weighted by atomic mass is 15.2. The molecule has 0 aromatic heterocycles. The van der Waals surface area contributed by atoms with Crippen molar-refractivity contribution in [3.63, 3.8) is 0 Å². The minimum atomic E-state index is 0.782. The summed E-state index contributed by atoms with van der Waals surface area (Å²) in [6, 6.07) is 0.906. The summed E-state index contributed by atoms with van der Waals surface area (Å²) in [5.41, 5.74) is 5.85. The number of rotatable bonds is 3. The zero-order valence-electron chi connectivity index (χ0n) is 11.1. The second-order valence-electron chi connectivity index (χ2n) is 6.66. The molecule has 2 saturated carbocycles. The molecule has 3 rings (SSSR count). The maximum Gasteiger partial charge on any atom is 0.00981 e. The highest BCUT2D eigenvalue weighted by Gasteiger charge is 2.37. The van der Waals surface area contributed by atoms with Gasteiger partial charge >= 0.3 is 0 Å².